The van der Waals surface area contributed by atoms with Crippen molar-refractivity contribution < 1.29 is 9.59 Å². The Balaban J connectivity index is 2.62. The molecule has 0 heterocycles. The van der Waals surface area contributed by atoms with Gasteiger partial charge in [-0.15, -0.1) is 0 Å². The molecule has 0 spiro atoms. The summed E-state index contributed by atoms with van der Waals surface area (Å²) in [6.45, 7) is 8.00. The Morgan fingerprint density at radius 3 is 2.41 bits per heavy atom. The molecule has 2 aliphatic carbocycles. The van der Waals surface area contributed by atoms with Crippen molar-refractivity contribution in [1.29, 1.82) is 0 Å². The zero-order valence-electron chi connectivity index (χ0n) is 11.1. The molecule has 0 aromatic carbocycles. The van der Waals surface area contributed by atoms with Crippen molar-refractivity contribution in [3.63, 3.8) is 0 Å². The normalized spacial score (nSPS) is 29.5. The lowest BCUT2D eigenvalue weighted by molar-refractivity contribution is -0.115. The van der Waals surface area contributed by atoms with Gasteiger partial charge in [-0.2, -0.15) is 0 Å². The number of allylic oxidation sites excluding steroid dienone is 4. The SMILES string of the molecule is CC(C)=C1C(=O)CCC(C)C2CC(=O)C(C)=C12. The quantitative estimate of drug-likeness (QED) is 0.601. The second-order valence-corrected chi connectivity index (χ2v) is 5.59. The van der Waals surface area contributed by atoms with Crippen LogP contribution in [-0.4, -0.2) is 11.6 Å². The van der Waals surface area contributed by atoms with E-state index >= 15 is 0 Å². The van der Waals surface area contributed by atoms with Crippen molar-refractivity contribution in [2.24, 2.45) is 11.8 Å². The highest BCUT2D eigenvalue weighted by Crippen LogP contribution is 2.44. The number of rotatable bonds is 0. The molecule has 2 unspecified atom stereocenters. The predicted molar refractivity (Wildman–Crippen MR) is 67.6 cm³/mol. The van der Waals surface area contributed by atoms with Crippen LogP contribution in [0.25, 0.3) is 0 Å². The van der Waals surface area contributed by atoms with Gasteiger partial charge in [-0.05, 0) is 50.2 Å². The van der Waals surface area contributed by atoms with Crippen LogP contribution in [0.5, 0.6) is 0 Å². The molecule has 2 atom stereocenters. The van der Waals surface area contributed by atoms with E-state index in [9.17, 15) is 9.59 Å². The summed E-state index contributed by atoms with van der Waals surface area (Å²) in [5.41, 5.74) is 3.79. The van der Waals surface area contributed by atoms with Crippen molar-refractivity contribution in [3.05, 3.63) is 22.3 Å². The van der Waals surface area contributed by atoms with Crippen LogP contribution in [0.4, 0.5) is 0 Å². The molecule has 0 bridgehead atoms. The molecular formula is C15H20O2. The van der Waals surface area contributed by atoms with Gasteiger partial charge in [0.05, 0.1) is 0 Å². The smallest absolute Gasteiger partial charge is 0.163 e. The van der Waals surface area contributed by atoms with E-state index in [1.807, 2.05) is 20.8 Å². The first-order valence-corrected chi connectivity index (χ1v) is 6.38. The van der Waals surface area contributed by atoms with Gasteiger partial charge in [-0.3, -0.25) is 9.59 Å². The van der Waals surface area contributed by atoms with Gasteiger partial charge < -0.3 is 0 Å². The van der Waals surface area contributed by atoms with E-state index in [2.05, 4.69) is 6.92 Å². The Bertz CT molecular complexity index is 448. The Labute approximate surface area is 103 Å². The minimum atomic E-state index is 0.225. The van der Waals surface area contributed by atoms with E-state index in [1.165, 1.54) is 0 Å². The van der Waals surface area contributed by atoms with Gasteiger partial charge >= 0.3 is 0 Å². The van der Waals surface area contributed by atoms with Crippen molar-refractivity contribution >= 4 is 11.6 Å². The second-order valence-electron chi connectivity index (χ2n) is 5.59. The summed E-state index contributed by atoms with van der Waals surface area (Å²) in [6, 6.07) is 0. The third-order valence-corrected chi connectivity index (χ3v) is 4.16. The number of fused-ring (bicyclic) bond motifs is 1. The second kappa shape index (κ2) is 4.25. The topological polar surface area (TPSA) is 34.1 Å². The Morgan fingerprint density at radius 1 is 1.18 bits per heavy atom. The van der Waals surface area contributed by atoms with Crippen LogP contribution in [0, 0.1) is 11.8 Å². The molecule has 2 rings (SSSR count). The monoisotopic (exact) mass is 232 g/mol. The summed E-state index contributed by atoms with van der Waals surface area (Å²) in [4.78, 5) is 24.1. The first kappa shape index (κ1) is 12.3. The molecule has 0 amide bonds. The van der Waals surface area contributed by atoms with Crippen molar-refractivity contribution in [2.45, 2.75) is 47.0 Å². The minimum absolute atomic E-state index is 0.225. The molecule has 1 saturated carbocycles. The molecule has 0 saturated heterocycles. The van der Waals surface area contributed by atoms with Gasteiger partial charge in [0.1, 0.15) is 0 Å². The van der Waals surface area contributed by atoms with Crippen molar-refractivity contribution in [2.75, 3.05) is 0 Å². The standard InChI is InChI=1S/C15H20O2/c1-8(2)14-12(16)6-5-9(3)11-7-13(17)10(4)15(11)14/h9,11H,5-7H2,1-4H3. The van der Waals surface area contributed by atoms with Gasteiger partial charge in [0, 0.05) is 18.4 Å². The van der Waals surface area contributed by atoms with Crippen molar-refractivity contribution in [1.82, 2.24) is 0 Å². The number of hydrogen-bond acceptors (Lipinski definition) is 2. The summed E-state index contributed by atoms with van der Waals surface area (Å²) < 4.78 is 0. The van der Waals surface area contributed by atoms with Crippen LogP contribution >= 0.6 is 0 Å². The third-order valence-electron chi connectivity index (χ3n) is 4.16. The number of hydrogen-bond donors (Lipinski definition) is 0. The highest BCUT2D eigenvalue weighted by molar-refractivity contribution is 6.07. The molecule has 2 nitrogen and oxygen atoms in total. The fourth-order valence-corrected chi connectivity index (χ4v) is 3.13. The van der Waals surface area contributed by atoms with Gasteiger partial charge in [0.15, 0.2) is 11.6 Å². The zero-order valence-corrected chi connectivity index (χ0v) is 11.1. The van der Waals surface area contributed by atoms with Gasteiger partial charge in [-0.25, -0.2) is 0 Å². The molecule has 1 fully saturated rings. The molecule has 17 heavy (non-hydrogen) atoms. The zero-order chi connectivity index (χ0) is 12.7. The Hall–Kier alpha value is -1.18. The molecule has 0 aromatic rings. The number of ketones is 2. The van der Waals surface area contributed by atoms with Gasteiger partial charge in [0.25, 0.3) is 0 Å². The molecule has 0 aliphatic heterocycles. The van der Waals surface area contributed by atoms with E-state index in [-0.39, 0.29) is 17.5 Å². The van der Waals surface area contributed by atoms with E-state index in [0.29, 0.717) is 18.8 Å². The maximum Gasteiger partial charge on any atom is 0.163 e. The number of carbonyl (C=O) groups is 2. The van der Waals surface area contributed by atoms with E-state index < -0.39 is 0 Å². The molecular weight excluding hydrogens is 212 g/mol. The summed E-state index contributed by atoms with van der Waals surface area (Å²) in [5.74, 6) is 1.17. The van der Waals surface area contributed by atoms with Crippen LogP contribution in [0.1, 0.15) is 47.0 Å². The lowest BCUT2D eigenvalue weighted by Crippen LogP contribution is -2.11. The first-order chi connectivity index (χ1) is 7.93. The highest BCUT2D eigenvalue weighted by Gasteiger charge is 2.39. The van der Waals surface area contributed by atoms with Gasteiger partial charge in [-0.1, -0.05) is 12.5 Å². The van der Waals surface area contributed by atoms with Crippen LogP contribution in [0.2, 0.25) is 0 Å². The van der Waals surface area contributed by atoms with E-state index in [1.54, 1.807) is 0 Å². The molecule has 92 valence electrons. The van der Waals surface area contributed by atoms with Crippen LogP contribution in [-0.2, 0) is 9.59 Å². The largest absolute Gasteiger partial charge is 0.295 e. The summed E-state index contributed by atoms with van der Waals surface area (Å²) in [6.07, 6.45) is 2.14. The molecule has 2 heteroatoms. The van der Waals surface area contributed by atoms with E-state index in [0.717, 1.165) is 28.7 Å². The van der Waals surface area contributed by atoms with Gasteiger partial charge in [0.2, 0.25) is 0 Å². The highest BCUT2D eigenvalue weighted by atomic mass is 16.1. The fourth-order valence-electron chi connectivity index (χ4n) is 3.13. The Kier molecular flexibility index (Phi) is 3.07. The van der Waals surface area contributed by atoms with Crippen LogP contribution in [0.15, 0.2) is 22.3 Å². The summed E-state index contributed by atoms with van der Waals surface area (Å²) in [5, 5.41) is 0. The minimum Gasteiger partial charge on any atom is -0.295 e. The van der Waals surface area contributed by atoms with E-state index in [4.69, 9.17) is 0 Å². The molecule has 0 N–H and O–H groups in total. The van der Waals surface area contributed by atoms with Crippen LogP contribution < -0.4 is 0 Å². The average Bonchev–Trinajstić information content (AvgIpc) is 2.46. The number of Topliss-reactive ketones (excluding diaryl/α,β-unsaturated/α-hetero) is 2. The lowest BCUT2D eigenvalue weighted by Gasteiger charge is -2.19. The molecule has 0 radical (unpaired) electrons. The lowest BCUT2D eigenvalue weighted by atomic mass is 9.84. The third kappa shape index (κ3) is 1.90. The average molecular weight is 232 g/mol. The number of carbonyl (C=O) groups excluding carboxylic acids is 2. The van der Waals surface area contributed by atoms with Crippen molar-refractivity contribution in [3.8, 4) is 0 Å². The maximum absolute atomic E-state index is 12.2. The maximum atomic E-state index is 12.2. The first-order valence-electron chi connectivity index (χ1n) is 6.38. The summed E-state index contributed by atoms with van der Waals surface area (Å²) in [7, 11) is 0. The molecule has 2 aliphatic rings. The predicted octanol–water partition coefficient (Wildman–Crippen LogP) is 3.23. The van der Waals surface area contributed by atoms with Crippen LogP contribution in [0.3, 0.4) is 0 Å². The summed E-state index contributed by atoms with van der Waals surface area (Å²) >= 11 is 0. The molecule has 0 aromatic heterocycles. The Morgan fingerprint density at radius 2 is 1.82 bits per heavy atom. The fraction of sp³-hybridized carbons (Fsp3) is 0.600.